The van der Waals surface area contributed by atoms with Crippen LogP contribution in [0.1, 0.15) is 50.5 Å². The van der Waals surface area contributed by atoms with Crippen molar-refractivity contribution in [2.75, 3.05) is 0 Å². The van der Waals surface area contributed by atoms with Crippen LogP contribution in [-0.4, -0.2) is 11.9 Å². The Kier molecular flexibility index (Phi) is 4.27. The van der Waals surface area contributed by atoms with Gasteiger partial charge in [0.2, 0.25) is 0 Å². The van der Waals surface area contributed by atoms with Gasteiger partial charge < -0.3 is 4.74 Å². The standard InChI is InChI=1S/C17H21BrO2/c18-14-7-5-13(6-8-14)12-20-16-11-15(19)17(16)9-3-1-2-4-10-17/h5-8,16H,1-4,9-12H2. The van der Waals surface area contributed by atoms with Crippen LogP contribution < -0.4 is 0 Å². The summed E-state index contributed by atoms with van der Waals surface area (Å²) in [6.07, 6.45) is 7.76. The van der Waals surface area contributed by atoms with Crippen LogP contribution in [-0.2, 0) is 16.1 Å². The summed E-state index contributed by atoms with van der Waals surface area (Å²) in [6, 6.07) is 8.22. The highest BCUT2D eigenvalue weighted by Crippen LogP contribution is 2.49. The molecule has 0 amide bonds. The molecule has 0 heterocycles. The Morgan fingerprint density at radius 3 is 2.35 bits per heavy atom. The normalized spacial score (nSPS) is 25.2. The number of ether oxygens (including phenoxy) is 1. The van der Waals surface area contributed by atoms with Crippen molar-refractivity contribution in [1.29, 1.82) is 0 Å². The zero-order valence-corrected chi connectivity index (χ0v) is 13.3. The van der Waals surface area contributed by atoms with Crippen molar-refractivity contribution in [3.8, 4) is 0 Å². The molecule has 2 saturated carbocycles. The number of hydrogen-bond donors (Lipinski definition) is 0. The summed E-state index contributed by atoms with van der Waals surface area (Å²) in [6.45, 7) is 0.618. The summed E-state index contributed by atoms with van der Waals surface area (Å²) < 4.78 is 7.17. The van der Waals surface area contributed by atoms with Gasteiger partial charge in [-0.25, -0.2) is 0 Å². The fourth-order valence-electron chi connectivity index (χ4n) is 3.57. The second-order valence-electron chi connectivity index (χ2n) is 6.12. The molecule has 0 aromatic heterocycles. The van der Waals surface area contributed by atoms with E-state index in [1.165, 1.54) is 31.2 Å². The van der Waals surface area contributed by atoms with E-state index >= 15 is 0 Å². The minimum Gasteiger partial charge on any atom is -0.372 e. The summed E-state index contributed by atoms with van der Waals surface area (Å²) in [5, 5.41) is 0. The smallest absolute Gasteiger partial charge is 0.144 e. The largest absolute Gasteiger partial charge is 0.372 e. The number of rotatable bonds is 3. The van der Waals surface area contributed by atoms with Crippen LogP contribution in [0.4, 0.5) is 0 Å². The Labute approximate surface area is 129 Å². The number of Topliss-reactive ketones (excluding diaryl/α,β-unsaturated/α-hetero) is 1. The van der Waals surface area contributed by atoms with Crippen molar-refractivity contribution in [2.24, 2.45) is 5.41 Å². The van der Waals surface area contributed by atoms with Gasteiger partial charge in [-0.3, -0.25) is 4.79 Å². The van der Waals surface area contributed by atoms with E-state index < -0.39 is 0 Å². The molecule has 0 aliphatic heterocycles. The number of halogens is 1. The maximum absolute atomic E-state index is 12.1. The zero-order chi connectivity index (χ0) is 14.0. The molecule has 1 atom stereocenters. The number of benzene rings is 1. The molecule has 2 aliphatic carbocycles. The van der Waals surface area contributed by atoms with Gasteiger partial charge in [0.05, 0.1) is 18.1 Å². The third kappa shape index (κ3) is 2.71. The first-order chi connectivity index (χ1) is 9.71. The Balaban J connectivity index is 1.62. The molecule has 0 bridgehead atoms. The van der Waals surface area contributed by atoms with Gasteiger partial charge in [0.25, 0.3) is 0 Å². The van der Waals surface area contributed by atoms with E-state index in [-0.39, 0.29) is 11.5 Å². The lowest BCUT2D eigenvalue weighted by Crippen LogP contribution is -2.55. The number of carbonyl (C=O) groups is 1. The molecular formula is C17H21BrO2. The molecule has 20 heavy (non-hydrogen) atoms. The van der Waals surface area contributed by atoms with Crippen LogP contribution in [0, 0.1) is 5.41 Å². The summed E-state index contributed by atoms with van der Waals surface area (Å²) in [7, 11) is 0. The summed E-state index contributed by atoms with van der Waals surface area (Å²) in [4.78, 5) is 12.1. The van der Waals surface area contributed by atoms with Crippen LogP contribution in [0.2, 0.25) is 0 Å². The second kappa shape index (κ2) is 5.98. The van der Waals surface area contributed by atoms with E-state index in [1.807, 2.05) is 12.1 Å². The predicted molar refractivity (Wildman–Crippen MR) is 82.5 cm³/mol. The van der Waals surface area contributed by atoms with Gasteiger partial charge in [-0.1, -0.05) is 53.7 Å². The van der Waals surface area contributed by atoms with E-state index in [0.717, 1.165) is 17.3 Å². The third-order valence-corrected chi connectivity index (χ3v) is 5.43. The number of ketones is 1. The van der Waals surface area contributed by atoms with Crippen molar-refractivity contribution in [3.05, 3.63) is 34.3 Å². The van der Waals surface area contributed by atoms with Gasteiger partial charge >= 0.3 is 0 Å². The monoisotopic (exact) mass is 336 g/mol. The minimum atomic E-state index is -0.133. The van der Waals surface area contributed by atoms with E-state index in [4.69, 9.17) is 4.74 Å². The summed E-state index contributed by atoms with van der Waals surface area (Å²) in [5.41, 5.74) is 1.04. The SMILES string of the molecule is O=C1CC(OCc2ccc(Br)cc2)C12CCCCCC2. The predicted octanol–water partition coefficient (Wildman–Crippen LogP) is 4.65. The molecule has 1 aromatic carbocycles. The quantitative estimate of drug-likeness (QED) is 0.803. The molecular weight excluding hydrogens is 316 g/mol. The maximum Gasteiger partial charge on any atom is 0.144 e. The molecule has 2 aliphatic rings. The molecule has 108 valence electrons. The molecule has 1 spiro atoms. The van der Waals surface area contributed by atoms with Gasteiger partial charge in [-0.15, -0.1) is 0 Å². The van der Waals surface area contributed by atoms with Crippen molar-refractivity contribution in [1.82, 2.24) is 0 Å². The van der Waals surface area contributed by atoms with Crippen molar-refractivity contribution in [2.45, 2.75) is 57.7 Å². The molecule has 3 heteroatoms. The molecule has 0 radical (unpaired) electrons. The summed E-state index contributed by atoms with van der Waals surface area (Å²) >= 11 is 3.44. The molecule has 3 rings (SSSR count). The van der Waals surface area contributed by atoms with Crippen LogP contribution in [0.15, 0.2) is 28.7 Å². The first kappa shape index (κ1) is 14.3. The average molecular weight is 337 g/mol. The van der Waals surface area contributed by atoms with Crippen LogP contribution in [0.3, 0.4) is 0 Å². The Bertz CT molecular complexity index is 472. The lowest BCUT2D eigenvalue weighted by atomic mass is 9.60. The minimum absolute atomic E-state index is 0.133. The van der Waals surface area contributed by atoms with Gasteiger partial charge in [0.1, 0.15) is 5.78 Å². The zero-order valence-electron chi connectivity index (χ0n) is 11.7. The van der Waals surface area contributed by atoms with Gasteiger partial charge in [0.15, 0.2) is 0 Å². The highest BCUT2D eigenvalue weighted by molar-refractivity contribution is 9.10. The summed E-state index contributed by atoms with van der Waals surface area (Å²) in [5.74, 6) is 0.445. The Morgan fingerprint density at radius 2 is 1.75 bits per heavy atom. The lowest BCUT2D eigenvalue weighted by Gasteiger charge is -2.47. The third-order valence-electron chi connectivity index (χ3n) is 4.90. The fraction of sp³-hybridized carbons (Fsp3) is 0.588. The average Bonchev–Trinajstić information content (AvgIpc) is 2.73. The van der Waals surface area contributed by atoms with E-state index in [9.17, 15) is 4.79 Å². The molecule has 2 nitrogen and oxygen atoms in total. The maximum atomic E-state index is 12.1. The van der Waals surface area contributed by atoms with Gasteiger partial charge in [0, 0.05) is 10.9 Å². The van der Waals surface area contributed by atoms with Crippen LogP contribution >= 0.6 is 15.9 Å². The van der Waals surface area contributed by atoms with E-state index in [0.29, 0.717) is 18.8 Å². The molecule has 1 unspecified atom stereocenters. The topological polar surface area (TPSA) is 26.3 Å². The second-order valence-corrected chi connectivity index (χ2v) is 7.04. The Hall–Kier alpha value is -0.670. The first-order valence-electron chi connectivity index (χ1n) is 7.60. The highest BCUT2D eigenvalue weighted by Gasteiger charge is 2.54. The molecule has 2 fully saturated rings. The molecule has 0 saturated heterocycles. The van der Waals surface area contributed by atoms with Crippen LogP contribution in [0.5, 0.6) is 0 Å². The fourth-order valence-corrected chi connectivity index (χ4v) is 3.84. The highest BCUT2D eigenvalue weighted by atomic mass is 79.9. The molecule has 0 N–H and O–H groups in total. The van der Waals surface area contributed by atoms with Crippen LogP contribution in [0.25, 0.3) is 0 Å². The van der Waals surface area contributed by atoms with Gasteiger partial charge in [-0.05, 0) is 30.5 Å². The van der Waals surface area contributed by atoms with E-state index in [2.05, 4.69) is 28.1 Å². The van der Waals surface area contributed by atoms with E-state index in [1.54, 1.807) is 0 Å². The number of carbonyl (C=O) groups excluding carboxylic acids is 1. The van der Waals surface area contributed by atoms with Gasteiger partial charge in [-0.2, -0.15) is 0 Å². The molecule has 1 aromatic rings. The number of hydrogen-bond acceptors (Lipinski definition) is 2. The van der Waals surface area contributed by atoms with Crippen molar-refractivity contribution < 1.29 is 9.53 Å². The Morgan fingerprint density at radius 1 is 1.10 bits per heavy atom. The van der Waals surface area contributed by atoms with Crippen molar-refractivity contribution in [3.63, 3.8) is 0 Å². The van der Waals surface area contributed by atoms with Crippen molar-refractivity contribution >= 4 is 21.7 Å². The lowest BCUT2D eigenvalue weighted by molar-refractivity contribution is -0.168. The first-order valence-corrected chi connectivity index (χ1v) is 8.39.